The van der Waals surface area contributed by atoms with Gasteiger partial charge < -0.3 is 0 Å². The van der Waals surface area contributed by atoms with Crippen LogP contribution in [0.3, 0.4) is 0 Å². The number of benzene rings is 2. The van der Waals surface area contributed by atoms with Crippen LogP contribution in [0.1, 0.15) is 0 Å². The quantitative estimate of drug-likeness (QED) is 0.278. The van der Waals surface area contributed by atoms with Gasteiger partial charge in [0.25, 0.3) is 0 Å². The second-order valence-corrected chi connectivity index (χ2v) is 7.77. The van der Waals surface area contributed by atoms with E-state index in [-0.39, 0.29) is 8.95 Å². The lowest BCUT2D eigenvalue weighted by Crippen LogP contribution is -2.49. The highest BCUT2D eigenvalue weighted by Gasteiger charge is 2.73. The summed E-state index contributed by atoms with van der Waals surface area (Å²) in [5.74, 6) is -9.24. The molecule has 0 saturated carbocycles. The van der Waals surface area contributed by atoms with E-state index >= 15 is 0 Å². The first-order chi connectivity index (χ1) is 12.2. The Bertz CT molecular complexity index is 865. The molecule has 12 heteroatoms. The van der Waals surface area contributed by atoms with E-state index in [2.05, 4.69) is 37.9 Å². The van der Waals surface area contributed by atoms with Gasteiger partial charge in [-0.1, -0.05) is 28.1 Å². The lowest BCUT2D eigenvalue weighted by atomic mass is 10.0. The van der Waals surface area contributed by atoms with Crippen molar-refractivity contribution in [1.29, 1.82) is 0 Å². The van der Waals surface area contributed by atoms with Gasteiger partial charge in [0.2, 0.25) is 0 Å². The third-order valence-corrected chi connectivity index (χ3v) is 5.21. The smallest absolute Gasteiger partial charge is 0.204 e. The minimum atomic E-state index is -6.52. The molecule has 0 aliphatic carbocycles. The van der Waals surface area contributed by atoms with Crippen LogP contribution in [0, 0.1) is 17.7 Å². The summed E-state index contributed by atoms with van der Waals surface area (Å²) >= 11 is 4.55. The summed E-state index contributed by atoms with van der Waals surface area (Å²) in [5, 5.41) is -5.63. The number of rotatable bonds is 4. The van der Waals surface area contributed by atoms with Gasteiger partial charge >= 0.3 is 17.4 Å². The van der Waals surface area contributed by atoms with Gasteiger partial charge in [0.15, 0.2) is 11.6 Å². The van der Waals surface area contributed by atoms with Crippen molar-refractivity contribution in [1.82, 2.24) is 0 Å². The summed E-state index contributed by atoms with van der Waals surface area (Å²) in [5.41, 5.74) is -1.18. The molecule has 0 N–H and O–H groups in total. The van der Waals surface area contributed by atoms with Crippen LogP contribution in [-0.2, 0) is 0 Å². The van der Waals surface area contributed by atoms with Crippen molar-refractivity contribution in [3.05, 3.63) is 50.9 Å². The Morgan fingerprint density at radius 3 is 2.07 bits per heavy atom. The van der Waals surface area contributed by atoms with Gasteiger partial charge in [0.1, 0.15) is 0 Å². The van der Waals surface area contributed by atoms with Gasteiger partial charge in [0, 0.05) is 31.0 Å². The molecule has 147 valence electrons. The Balaban J connectivity index is 2.67. The summed E-state index contributed by atoms with van der Waals surface area (Å²) in [4.78, 5) is -0.856. The SMILES string of the molecule is Fc1cccc(-c2c(Br)[c]c(Br)cc2SC(F)(F)C(F)(F)C(F)(F)F)c1F. The predicted molar refractivity (Wildman–Crippen MR) is 87.8 cm³/mol. The molecular formula is C15H4Br2F9S. The van der Waals surface area contributed by atoms with Crippen molar-refractivity contribution < 1.29 is 39.5 Å². The average Bonchev–Trinajstić information content (AvgIpc) is 2.49. The van der Waals surface area contributed by atoms with Gasteiger partial charge in [-0.25, -0.2) is 8.78 Å². The molecule has 0 saturated heterocycles. The second kappa shape index (κ2) is 7.51. The lowest BCUT2D eigenvalue weighted by molar-refractivity contribution is -0.330. The van der Waals surface area contributed by atoms with E-state index in [0.717, 1.165) is 18.2 Å². The van der Waals surface area contributed by atoms with Gasteiger partial charge in [-0.2, -0.15) is 30.7 Å². The first kappa shape index (κ1) is 22.4. The van der Waals surface area contributed by atoms with Crippen LogP contribution in [0.4, 0.5) is 39.5 Å². The highest BCUT2D eigenvalue weighted by molar-refractivity contribution is 9.11. The zero-order valence-corrected chi connectivity index (χ0v) is 16.4. The Morgan fingerprint density at radius 1 is 0.926 bits per heavy atom. The monoisotopic (exact) mass is 545 g/mol. The van der Waals surface area contributed by atoms with Crippen LogP contribution in [0.25, 0.3) is 11.1 Å². The van der Waals surface area contributed by atoms with Crippen molar-refractivity contribution in [3.63, 3.8) is 0 Å². The number of halogens is 11. The van der Waals surface area contributed by atoms with E-state index in [4.69, 9.17) is 0 Å². The number of alkyl halides is 7. The van der Waals surface area contributed by atoms with Crippen molar-refractivity contribution in [2.45, 2.75) is 22.2 Å². The Morgan fingerprint density at radius 2 is 1.52 bits per heavy atom. The minimum Gasteiger partial charge on any atom is -0.204 e. The fourth-order valence-corrected chi connectivity index (χ4v) is 4.52. The van der Waals surface area contributed by atoms with Crippen LogP contribution in [-0.4, -0.2) is 17.4 Å². The molecule has 0 atom stereocenters. The molecule has 2 aromatic carbocycles. The van der Waals surface area contributed by atoms with Gasteiger partial charge in [0.05, 0.1) is 0 Å². The standard InChI is InChI=1S/C15H4Br2F9S/c16-6-4-8(17)11(7-2-1-3-9(18)12(7)19)10(5-6)27-15(25,26)13(20,21)14(22,23)24/h1-3,5H. The summed E-state index contributed by atoms with van der Waals surface area (Å²) in [6.07, 6.45) is -6.52. The van der Waals surface area contributed by atoms with Crippen molar-refractivity contribution >= 4 is 43.6 Å². The molecule has 2 rings (SSSR count). The van der Waals surface area contributed by atoms with Gasteiger partial charge in [-0.3, -0.25) is 0 Å². The maximum atomic E-state index is 14.1. The first-order valence-corrected chi connectivity index (χ1v) is 8.96. The van der Waals surface area contributed by atoms with Crippen LogP contribution < -0.4 is 0 Å². The Hall–Kier alpha value is -0.880. The van der Waals surface area contributed by atoms with Crippen LogP contribution in [0.5, 0.6) is 0 Å². The molecule has 0 heterocycles. The van der Waals surface area contributed by atoms with E-state index in [1.807, 2.05) is 0 Å². The van der Waals surface area contributed by atoms with Crippen LogP contribution in [0.2, 0.25) is 0 Å². The molecule has 0 aromatic heterocycles. The van der Waals surface area contributed by atoms with E-state index in [1.54, 1.807) is 0 Å². The van der Waals surface area contributed by atoms with Crippen molar-refractivity contribution in [2.75, 3.05) is 0 Å². The Labute approximate surface area is 167 Å². The van der Waals surface area contributed by atoms with E-state index in [9.17, 15) is 39.5 Å². The van der Waals surface area contributed by atoms with E-state index in [0.29, 0.717) is 6.07 Å². The first-order valence-electron chi connectivity index (χ1n) is 6.56. The fraction of sp³-hybridized carbons (Fsp3) is 0.200. The summed E-state index contributed by atoms with van der Waals surface area (Å²) in [6.45, 7) is 0. The highest BCUT2D eigenvalue weighted by atomic mass is 79.9. The second-order valence-electron chi connectivity index (χ2n) is 4.96. The third-order valence-electron chi connectivity index (χ3n) is 3.13. The van der Waals surface area contributed by atoms with Crippen molar-refractivity contribution in [2.24, 2.45) is 0 Å². The number of hydrogen-bond acceptors (Lipinski definition) is 1. The largest absolute Gasteiger partial charge is 0.460 e. The maximum absolute atomic E-state index is 14.1. The number of thioether (sulfide) groups is 1. The molecule has 1 radical (unpaired) electrons. The molecular weight excluding hydrogens is 543 g/mol. The normalized spacial score (nSPS) is 13.1. The zero-order chi connectivity index (χ0) is 20.8. The molecule has 0 nitrogen and oxygen atoms in total. The summed E-state index contributed by atoms with van der Waals surface area (Å²) < 4.78 is 118. The molecule has 2 aromatic rings. The number of hydrogen-bond donors (Lipinski definition) is 0. The van der Waals surface area contributed by atoms with E-state index in [1.165, 1.54) is 0 Å². The summed E-state index contributed by atoms with van der Waals surface area (Å²) in [7, 11) is 0. The fourth-order valence-electron chi connectivity index (χ4n) is 1.89. The molecule has 0 spiro atoms. The molecule has 27 heavy (non-hydrogen) atoms. The zero-order valence-electron chi connectivity index (χ0n) is 12.4. The Kier molecular flexibility index (Phi) is 6.23. The van der Waals surface area contributed by atoms with Gasteiger partial charge in [-0.05, 0) is 39.8 Å². The summed E-state index contributed by atoms with van der Waals surface area (Å²) in [6, 6.07) is 5.88. The molecule has 0 amide bonds. The minimum absolute atomic E-state index is 0.0939. The lowest BCUT2D eigenvalue weighted by Gasteiger charge is -2.28. The van der Waals surface area contributed by atoms with Crippen molar-refractivity contribution in [3.8, 4) is 11.1 Å². The van der Waals surface area contributed by atoms with E-state index < -0.39 is 56.8 Å². The molecule has 0 aliphatic rings. The van der Waals surface area contributed by atoms with Crippen LogP contribution >= 0.6 is 43.6 Å². The predicted octanol–water partition coefficient (Wildman–Crippen LogP) is 7.84. The highest BCUT2D eigenvalue weighted by Crippen LogP contribution is 2.56. The molecule has 0 aliphatic heterocycles. The topological polar surface area (TPSA) is 0 Å². The average molecular weight is 547 g/mol. The maximum Gasteiger partial charge on any atom is 0.460 e. The van der Waals surface area contributed by atoms with Gasteiger partial charge in [-0.15, -0.1) is 0 Å². The third kappa shape index (κ3) is 4.26. The molecule has 0 unspecified atom stereocenters. The van der Waals surface area contributed by atoms with Crippen LogP contribution in [0.15, 0.2) is 38.1 Å². The molecule has 0 bridgehead atoms. The molecule has 0 fully saturated rings.